The smallest absolute Gasteiger partial charge is 0.336 e. The molecule has 0 aliphatic heterocycles. The molecule has 2 aromatic rings. The molecule has 0 bridgehead atoms. The van der Waals surface area contributed by atoms with E-state index in [9.17, 15) is 14.7 Å². The van der Waals surface area contributed by atoms with Crippen LogP contribution in [0.2, 0.25) is 0 Å². The van der Waals surface area contributed by atoms with Gasteiger partial charge in [-0.15, -0.1) is 0 Å². The topological polar surface area (TPSA) is 90.9 Å². The van der Waals surface area contributed by atoms with Gasteiger partial charge in [-0.25, -0.2) is 9.80 Å². The fraction of sp³-hybridized carbons (Fsp3) is 0.440. The van der Waals surface area contributed by atoms with E-state index in [1.54, 1.807) is 19.2 Å². The monoisotopic (exact) mass is 441 g/mol. The van der Waals surface area contributed by atoms with Crippen molar-refractivity contribution in [2.45, 2.75) is 58.4 Å². The fourth-order valence-corrected chi connectivity index (χ4v) is 3.28. The van der Waals surface area contributed by atoms with Crippen molar-refractivity contribution in [3.05, 3.63) is 59.7 Å². The number of nitrogens with one attached hydrogen (secondary N) is 2. The molecule has 0 unspecified atom stereocenters. The summed E-state index contributed by atoms with van der Waals surface area (Å²) in [5.41, 5.74) is 4.66. The summed E-state index contributed by atoms with van der Waals surface area (Å²) in [4.78, 5) is 25.3. The minimum Gasteiger partial charge on any atom is -0.508 e. The first kappa shape index (κ1) is 25.0. The van der Waals surface area contributed by atoms with Crippen LogP contribution in [-0.2, 0) is 17.8 Å². The number of nitrogens with zero attached hydrogens (tertiary/aromatic N) is 1. The van der Waals surface area contributed by atoms with Crippen molar-refractivity contribution in [3.63, 3.8) is 0 Å². The number of aryl methyl sites for hydroxylation is 1. The highest BCUT2D eigenvalue weighted by Crippen LogP contribution is 2.15. The Labute approximate surface area is 190 Å². The molecule has 0 spiro atoms. The average Bonchev–Trinajstić information content (AvgIpc) is 2.80. The maximum atomic E-state index is 12.7. The highest BCUT2D eigenvalue weighted by Gasteiger charge is 2.17. The number of aromatic hydroxyl groups is 1. The molecule has 7 nitrogen and oxygen atoms in total. The zero-order valence-electron chi connectivity index (χ0n) is 19.1. The van der Waals surface area contributed by atoms with Gasteiger partial charge in [0.2, 0.25) is 5.91 Å². The summed E-state index contributed by atoms with van der Waals surface area (Å²) in [6.45, 7) is 2.96. The van der Waals surface area contributed by atoms with E-state index in [0.29, 0.717) is 31.6 Å². The predicted octanol–water partition coefficient (Wildman–Crippen LogP) is 4.55. The maximum Gasteiger partial charge on any atom is 0.336 e. The number of phenolic OH excluding ortho intramolecular Hbond substituents is 1. The minimum atomic E-state index is -0.323. The number of carbonyl (C=O) groups excluding carboxylic acids is 2. The Kier molecular flexibility index (Phi) is 10.9. The van der Waals surface area contributed by atoms with E-state index in [-0.39, 0.29) is 24.2 Å². The quantitative estimate of drug-likeness (QED) is 0.333. The molecular formula is C25H35N3O4. The second-order valence-electron chi connectivity index (χ2n) is 7.79. The lowest BCUT2D eigenvalue weighted by Crippen LogP contribution is -2.50. The van der Waals surface area contributed by atoms with Gasteiger partial charge in [-0.1, -0.05) is 50.5 Å². The number of ether oxygens (including phenoxy) is 1. The third-order valence-electron chi connectivity index (χ3n) is 5.09. The summed E-state index contributed by atoms with van der Waals surface area (Å²) in [6.07, 6.45) is 5.90. The van der Waals surface area contributed by atoms with Crippen molar-refractivity contribution in [1.82, 2.24) is 15.8 Å². The number of methoxy groups -OCH3 is 1. The van der Waals surface area contributed by atoms with E-state index < -0.39 is 0 Å². The molecule has 0 radical (unpaired) electrons. The SMILES string of the molecule is CCCCCCNC(=O)N(Cc1cccc(OC)c1)NC(=O)CCCc1ccc(O)cc1. The van der Waals surface area contributed by atoms with Crippen LogP contribution in [0, 0.1) is 0 Å². The summed E-state index contributed by atoms with van der Waals surface area (Å²) in [7, 11) is 1.59. The number of hydrogen-bond donors (Lipinski definition) is 3. The zero-order valence-corrected chi connectivity index (χ0v) is 19.1. The molecule has 0 heterocycles. The van der Waals surface area contributed by atoms with Crippen LogP contribution < -0.4 is 15.5 Å². The fourth-order valence-electron chi connectivity index (χ4n) is 3.28. The van der Waals surface area contributed by atoms with Gasteiger partial charge in [-0.05, 0) is 54.7 Å². The van der Waals surface area contributed by atoms with E-state index in [1.807, 2.05) is 36.4 Å². The van der Waals surface area contributed by atoms with Crippen LogP contribution in [0.4, 0.5) is 4.79 Å². The van der Waals surface area contributed by atoms with Crippen molar-refractivity contribution in [3.8, 4) is 11.5 Å². The second-order valence-corrected chi connectivity index (χ2v) is 7.79. The number of hydrogen-bond acceptors (Lipinski definition) is 4. The Hall–Kier alpha value is -3.22. The minimum absolute atomic E-state index is 0.215. The van der Waals surface area contributed by atoms with Gasteiger partial charge < -0.3 is 15.2 Å². The Bertz CT molecular complexity index is 839. The Balaban J connectivity index is 1.91. The molecule has 0 aliphatic carbocycles. The highest BCUT2D eigenvalue weighted by molar-refractivity contribution is 5.81. The maximum absolute atomic E-state index is 12.7. The Morgan fingerprint density at radius 3 is 2.50 bits per heavy atom. The van der Waals surface area contributed by atoms with Crippen LogP contribution >= 0.6 is 0 Å². The van der Waals surface area contributed by atoms with Gasteiger partial charge in [-0.3, -0.25) is 10.2 Å². The van der Waals surface area contributed by atoms with Gasteiger partial charge in [0, 0.05) is 13.0 Å². The van der Waals surface area contributed by atoms with Gasteiger partial charge >= 0.3 is 6.03 Å². The number of carbonyl (C=O) groups is 2. The van der Waals surface area contributed by atoms with Crippen molar-refractivity contribution in [2.75, 3.05) is 13.7 Å². The van der Waals surface area contributed by atoms with Gasteiger partial charge in [0.1, 0.15) is 11.5 Å². The summed E-state index contributed by atoms with van der Waals surface area (Å²) >= 11 is 0. The molecule has 0 aromatic heterocycles. The summed E-state index contributed by atoms with van der Waals surface area (Å²) in [5, 5.41) is 13.6. The first-order valence-corrected chi connectivity index (χ1v) is 11.3. The average molecular weight is 442 g/mol. The van der Waals surface area contributed by atoms with E-state index in [4.69, 9.17) is 4.74 Å². The predicted molar refractivity (Wildman–Crippen MR) is 125 cm³/mol. The number of urea groups is 1. The van der Waals surface area contributed by atoms with E-state index >= 15 is 0 Å². The third-order valence-corrected chi connectivity index (χ3v) is 5.09. The number of phenols is 1. The van der Waals surface area contributed by atoms with Gasteiger partial charge in [-0.2, -0.15) is 0 Å². The molecule has 0 saturated carbocycles. The molecule has 0 atom stereocenters. The number of amides is 3. The van der Waals surface area contributed by atoms with Gasteiger partial charge in [0.15, 0.2) is 0 Å². The zero-order chi connectivity index (χ0) is 23.2. The van der Waals surface area contributed by atoms with Gasteiger partial charge in [0.25, 0.3) is 0 Å². The lowest BCUT2D eigenvalue weighted by Gasteiger charge is -2.24. The molecule has 3 amide bonds. The first-order valence-electron chi connectivity index (χ1n) is 11.3. The van der Waals surface area contributed by atoms with Crippen LogP contribution in [0.3, 0.4) is 0 Å². The van der Waals surface area contributed by atoms with Crippen molar-refractivity contribution >= 4 is 11.9 Å². The third kappa shape index (κ3) is 9.29. The highest BCUT2D eigenvalue weighted by atomic mass is 16.5. The van der Waals surface area contributed by atoms with Crippen molar-refractivity contribution < 1.29 is 19.4 Å². The number of hydrazine groups is 1. The Morgan fingerprint density at radius 2 is 1.78 bits per heavy atom. The Morgan fingerprint density at radius 1 is 1.00 bits per heavy atom. The molecule has 3 N–H and O–H groups in total. The molecule has 2 rings (SSSR count). The van der Waals surface area contributed by atoms with Crippen LogP contribution in [0.1, 0.15) is 56.6 Å². The van der Waals surface area contributed by atoms with Crippen LogP contribution in [0.5, 0.6) is 11.5 Å². The first-order chi connectivity index (χ1) is 15.5. The largest absolute Gasteiger partial charge is 0.508 e. The number of rotatable bonds is 12. The van der Waals surface area contributed by atoms with Crippen LogP contribution in [-0.4, -0.2) is 35.7 Å². The van der Waals surface area contributed by atoms with Crippen molar-refractivity contribution in [1.29, 1.82) is 0 Å². The lowest BCUT2D eigenvalue weighted by molar-refractivity contribution is -0.125. The molecule has 0 fully saturated rings. The summed E-state index contributed by atoms with van der Waals surface area (Å²) in [5.74, 6) is 0.704. The normalized spacial score (nSPS) is 10.4. The lowest BCUT2D eigenvalue weighted by atomic mass is 10.1. The summed E-state index contributed by atoms with van der Waals surface area (Å²) < 4.78 is 5.26. The molecule has 0 saturated heterocycles. The van der Waals surface area contributed by atoms with E-state index in [0.717, 1.165) is 36.8 Å². The number of unbranched alkanes of at least 4 members (excludes halogenated alkanes) is 3. The van der Waals surface area contributed by atoms with Crippen molar-refractivity contribution in [2.24, 2.45) is 0 Å². The molecule has 32 heavy (non-hydrogen) atoms. The molecule has 0 aliphatic rings. The molecular weight excluding hydrogens is 406 g/mol. The van der Waals surface area contributed by atoms with E-state index in [2.05, 4.69) is 17.7 Å². The second kappa shape index (κ2) is 14.0. The van der Waals surface area contributed by atoms with Gasteiger partial charge in [0.05, 0.1) is 13.7 Å². The standard InChI is InChI=1S/C25H35N3O4/c1-3-4-5-6-17-26-25(31)28(19-21-10-7-11-23(18-21)32-2)27-24(30)12-8-9-20-13-15-22(29)16-14-20/h7,10-11,13-16,18,29H,3-6,8-9,12,17,19H2,1-2H3,(H,26,31)(H,27,30). The molecule has 2 aromatic carbocycles. The number of benzene rings is 2. The van der Waals surface area contributed by atoms with E-state index in [1.165, 1.54) is 5.01 Å². The summed E-state index contributed by atoms with van der Waals surface area (Å²) in [6, 6.07) is 14.1. The van der Waals surface area contributed by atoms with Crippen LogP contribution in [0.15, 0.2) is 48.5 Å². The van der Waals surface area contributed by atoms with Crippen LogP contribution in [0.25, 0.3) is 0 Å². The molecule has 7 heteroatoms. The molecule has 174 valence electrons.